The summed E-state index contributed by atoms with van der Waals surface area (Å²) in [5.74, 6) is 2.07. The van der Waals surface area contributed by atoms with Gasteiger partial charge in [-0.15, -0.1) is 16.4 Å². The standard InChI is InChI=1S/C16H14ClN7S/c1-9-14(17)19-10(2)24-15(9)21-12(22-24)4-5-13-20-11(8-23(13)3)16-18-6-7-25-16/h4-8H,1-3H3. The minimum Gasteiger partial charge on any atom is -0.334 e. The predicted molar refractivity (Wildman–Crippen MR) is 98.5 cm³/mol. The Bertz CT molecular complexity index is 1090. The highest BCUT2D eigenvalue weighted by molar-refractivity contribution is 7.13. The van der Waals surface area contributed by atoms with Gasteiger partial charge in [0.25, 0.3) is 0 Å². The van der Waals surface area contributed by atoms with E-state index in [1.165, 1.54) is 0 Å². The van der Waals surface area contributed by atoms with Crippen molar-refractivity contribution in [3.8, 4) is 10.7 Å². The van der Waals surface area contributed by atoms with Crippen molar-refractivity contribution < 1.29 is 0 Å². The lowest BCUT2D eigenvalue weighted by Gasteiger charge is -2.01. The van der Waals surface area contributed by atoms with Crippen LogP contribution in [0.4, 0.5) is 0 Å². The molecule has 0 fully saturated rings. The third-order valence-corrected chi connectivity index (χ3v) is 4.94. The van der Waals surface area contributed by atoms with E-state index in [-0.39, 0.29) is 0 Å². The second kappa shape index (κ2) is 6.05. The second-order valence-electron chi connectivity index (χ2n) is 5.55. The Kier molecular flexibility index (Phi) is 3.85. The van der Waals surface area contributed by atoms with E-state index < -0.39 is 0 Å². The van der Waals surface area contributed by atoms with E-state index in [1.54, 1.807) is 22.0 Å². The van der Waals surface area contributed by atoms with Crippen molar-refractivity contribution in [1.82, 2.24) is 34.1 Å². The fourth-order valence-electron chi connectivity index (χ4n) is 2.47. The summed E-state index contributed by atoms with van der Waals surface area (Å²) in [6.45, 7) is 3.73. The normalized spacial score (nSPS) is 11.8. The summed E-state index contributed by atoms with van der Waals surface area (Å²) < 4.78 is 3.64. The first-order chi connectivity index (χ1) is 12.0. The molecular weight excluding hydrogens is 358 g/mol. The van der Waals surface area contributed by atoms with Crippen molar-refractivity contribution in [3.63, 3.8) is 0 Å². The highest BCUT2D eigenvalue weighted by atomic mass is 35.5. The first-order valence-electron chi connectivity index (χ1n) is 7.53. The van der Waals surface area contributed by atoms with E-state index in [9.17, 15) is 0 Å². The lowest BCUT2D eigenvalue weighted by Crippen LogP contribution is -2.00. The Balaban J connectivity index is 1.70. The van der Waals surface area contributed by atoms with Gasteiger partial charge in [0.1, 0.15) is 27.5 Å². The van der Waals surface area contributed by atoms with Crippen molar-refractivity contribution in [2.45, 2.75) is 13.8 Å². The van der Waals surface area contributed by atoms with Gasteiger partial charge in [-0.05, 0) is 26.0 Å². The molecule has 0 radical (unpaired) electrons. The molecule has 0 saturated carbocycles. The summed E-state index contributed by atoms with van der Waals surface area (Å²) in [5.41, 5.74) is 2.37. The third kappa shape index (κ3) is 2.83. The molecule has 0 aliphatic carbocycles. The number of thiazole rings is 1. The Morgan fingerprint density at radius 3 is 2.76 bits per heavy atom. The molecule has 9 heteroatoms. The molecule has 4 aromatic rings. The van der Waals surface area contributed by atoms with Crippen LogP contribution in [0.1, 0.15) is 23.0 Å². The summed E-state index contributed by atoms with van der Waals surface area (Å²) in [4.78, 5) is 17.7. The van der Waals surface area contributed by atoms with Gasteiger partial charge in [0, 0.05) is 30.4 Å². The highest BCUT2D eigenvalue weighted by Crippen LogP contribution is 2.21. The van der Waals surface area contributed by atoms with E-state index in [0.717, 1.165) is 22.1 Å². The first kappa shape index (κ1) is 15.9. The van der Waals surface area contributed by atoms with E-state index in [0.29, 0.717) is 22.4 Å². The van der Waals surface area contributed by atoms with Gasteiger partial charge in [0.05, 0.1) is 0 Å². The fraction of sp³-hybridized carbons (Fsp3) is 0.188. The number of fused-ring (bicyclic) bond motifs is 1. The number of halogens is 1. The van der Waals surface area contributed by atoms with Crippen LogP contribution in [0, 0.1) is 13.8 Å². The maximum Gasteiger partial charge on any atom is 0.175 e. The number of nitrogens with zero attached hydrogens (tertiary/aromatic N) is 7. The Labute approximate surface area is 152 Å². The smallest absolute Gasteiger partial charge is 0.175 e. The number of hydrogen-bond acceptors (Lipinski definition) is 6. The van der Waals surface area contributed by atoms with Crippen molar-refractivity contribution in [1.29, 1.82) is 0 Å². The molecule has 126 valence electrons. The zero-order valence-corrected chi connectivity index (χ0v) is 15.4. The minimum absolute atomic E-state index is 0.449. The molecule has 0 unspecified atom stereocenters. The van der Waals surface area contributed by atoms with Gasteiger partial charge in [-0.25, -0.2) is 19.9 Å². The number of aromatic nitrogens is 7. The van der Waals surface area contributed by atoms with E-state index in [2.05, 4.69) is 25.0 Å². The van der Waals surface area contributed by atoms with Gasteiger partial charge in [0.15, 0.2) is 11.5 Å². The number of rotatable bonds is 3. The van der Waals surface area contributed by atoms with Crippen molar-refractivity contribution >= 4 is 40.7 Å². The zero-order valence-electron chi connectivity index (χ0n) is 13.8. The molecule has 0 aliphatic rings. The maximum atomic E-state index is 6.12. The van der Waals surface area contributed by atoms with Crippen LogP contribution in [0.5, 0.6) is 0 Å². The molecule has 0 bridgehead atoms. The predicted octanol–water partition coefficient (Wildman–Crippen LogP) is 3.42. The molecule has 0 aliphatic heterocycles. The lowest BCUT2D eigenvalue weighted by atomic mass is 10.3. The molecular formula is C16H14ClN7S. The van der Waals surface area contributed by atoms with E-state index in [4.69, 9.17) is 11.6 Å². The molecule has 0 atom stereocenters. The van der Waals surface area contributed by atoms with Crippen LogP contribution in [0.25, 0.3) is 28.5 Å². The minimum atomic E-state index is 0.449. The van der Waals surface area contributed by atoms with Gasteiger partial charge in [0.2, 0.25) is 0 Å². The monoisotopic (exact) mass is 371 g/mol. The Morgan fingerprint density at radius 2 is 2.00 bits per heavy atom. The molecule has 25 heavy (non-hydrogen) atoms. The van der Waals surface area contributed by atoms with Crippen LogP contribution >= 0.6 is 22.9 Å². The van der Waals surface area contributed by atoms with Crippen molar-refractivity contribution in [3.05, 3.63) is 46.0 Å². The quantitative estimate of drug-likeness (QED) is 0.516. The largest absolute Gasteiger partial charge is 0.334 e. The number of imidazole rings is 1. The van der Waals surface area contributed by atoms with Crippen molar-refractivity contribution in [2.24, 2.45) is 7.05 Å². The van der Waals surface area contributed by atoms with Crippen LogP contribution in [-0.2, 0) is 7.05 Å². The molecule has 4 rings (SSSR count). The summed E-state index contributed by atoms with van der Waals surface area (Å²) in [6, 6.07) is 0. The molecule has 0 N–H and O–H groups in total. The van der Waals surface area contributed by atoms with Crippen molar-refractivity contribution in [2.75, 3.05) is 0 Å². The second-order valence-corrected chi connectivity index (χ2v) is 6.80. The van der Waals surface area contributed by atoms with Crippen LogP contribution in [0.15, 0.2) is 17.8 Å². The fourth-order valence-corrected chi connectivity index (χ4v) is 3.27. The van der Waals surface area contributed by atoms with Crippen LogP contribution in [-0.4, -0.2) is 34.1 Å². The SMILES string of the molecule is Cc1c(Cl)nc(C)n2nc(C=Cc3nc(-c4nccs4)cn3C)nc12. The maximum absolute atomic E-state index is 6.12. The number of hydrogen-bond donors (Lipinski definition) is 0. The van der Waals surface area contributed by atoms with E-state index in [1.807, 2.05) is 49.2 Å². The molecule has 4 heterocycles. The first-order valence-corrected chi connectivity index (χ1v) is 8.79. The Morgan fingerprint density at radius 1 is 1.16 bits per heavy atom. The highest BCUT2D eigenvalue weighted by Gasteiger charge is 2.12. The topological polar surface area (TPSA) is 73.8 Å². The summed E-state index contributed by atoms with van der Waals surface area (Å²) in [7, 11) is 1.94. The van der Waals surface area contributed by atoms with Crippen LogP contribution < -0.4 is 0 Å². The molecule has 4 aromatic heterocycles. The Hall–Kier alpha value is -2.58. The molecule has 0 saturated heterocycles. The molecule has 7 nitrogen and oxygen atoms in total. The molecule has 0 aromatic carbocycles. The van der Waals surface area contributed by atoms with E-state index >= 15 is 0 Å². The van der Waals surface area contributed by atoms with Gasteiger partial charge in [-0.2, -0.15) is 4.52 Å². The summed E-state index contributed by atoms with van der Waals surface area (Å²) >= 11 is 7.68. The third-order valence-electron chi connectivity index (χ3n) is 3.78. The number of aryl methyl sites for hydroxylation is 3. The van der Waals surface area contributed by atoms with Crippen LogP contribution in [0.2, 0.25) is 5.15 Å². The summed E-state index contributed by atoms with van der Waals surface area (Å²) in [6.07, 6.45) is 7.43. The molecule has 0 amide bonds. The van der Waals surface area contributed by atoms with Crippen LogP contribution in [0.3, 0.4) is 0 Å². The van der Waals surface area contributed by atoms with Gasteiger partial charge in [-0.1, -0.05) is 11.6 Å². The van der Waals surface area contributed by atoms with Gasteiger partial charge >= 0.3 is 0 Å². The average molecular weight is 372 g/mol. The lowest BCUT2D eigenvalue weighted by molar-refractivity contribution is 0.854. The average Bonchev–Trinajstić information content (AvgIpc) is 3.30. The zero-order chi connectivity index (χ0) is 17.6. The van der Waals surface area contributed by atoms with Gasteiger partial charge in [-0.3, -0.25) is 0 Å². The van der Waals surface area contributed by atoms with Gasteiger partial charge < -0.3 is 4.57 Å². The molecule has 0 spiro atoms. The summed E-state index contributed by atoms with van der Waals surface area (Å²) in [5, 5.41) is 7.75.